The van der Waals surface area contributed by atoms with Gasteiger partial charge in [0, 0.05) is 37.2 Å². The first-order chi connectivity index (χ1) is 15.3. The van der Waals surface area contributed by atoms with E-state index in [1.165, 1.54) is 0 Å². The van der Waals surface area contributed by atoms with Crippen LogP contribution in [0, 0.1) is 0 Å². The van der Waals surface area contributed by atoms with Gasteiger partial charge in [0.05, 0.1) is 11.3 Å². The molecule has 8 heteroatoms. The summed E-state index contributed by atoms with van der Waals surface area (Å²) >= 11 is 0. The van der Waals surface area contributed by atoms with Crippen molar-refractivity contribution < 1.29 is 19.2 Å². The Morgan fingerprint density at radius 3 is 2.25 bits per heavy atom. The first-order valence-corrected chi connectivity index (χ1v) is 10.8. The molecule has 4 rings (SSSR count). The molecule has 1 saturated heterocycles. The second-order valence-electron chi connectivity index (χ2n) is 8.20. The number of carbonyl (C=O) groups is 4. The second-order valence-corrected chi connectivity index (χ2v) is 8.20. The van der Waals surface area contributed by atoms with E-state index in [0.717, 1.165) is 0 Å². The number of para-hydroxylation sites is 1. The lowest BCUT2D eigenvalue weighted by Crippen LogP contribution is -2.62. The van der Waals surface area contributed by atoms with Crippen LogP contribution >= 0.6 is 0 Å². The number of anilines is 3. The Bertz CT molecular complexity index is 1080. The summed E-state index contributed by atoms with van der Waals surface area (Å²) in [5.74, 6) is -0.501. The fourth-order valence-corrected chi connectivity index (χ4v) is 4.36. The quantitative estimate of drug-likeness (QED) is 0.728. The molecular formula is C24H26N4O4. The van der Waals surface area contributed by atoms with Gasteiger partial charge in [-0.05, 0) is 49.7 Å². The molecule has 166 valence electrons. The summed E-state index contributed by atoms with van der Waals surface area (Å²) in [6.07, 6.45) is 1.38. The summed E-state index contributed by atoms with van der Waals surface area (Å²) in [4.78, 5) is 53.2. The number of nitrogens with one attached hydrogen (secondary N) is 2. The van der Waals surface area contributed by atoms with Crippen molar-refractivity contribution in [2.45, 2.75) is 45.2 Å². The molecule has 2 aromatic carbocycles. The average Bonchev–Trinajstić information content (AvgIpc) is 3.10. The smallest absolute Gasteiger partial charge is 0.257 e. The van der Waals surface area contributed by atoms with Crippen LogP contribution in [0.2, 0.25) is 0 Å². The van der Waals surface area contributed by atoms with E-state index in [2.05, 4.69) is 10.6 Å². The summed E-state index contributed by atoms with van der Waals surface area (Å²) in [6, 6.07) is 14.0. The third kappa shape index (κ3) is 3.84. The standard InChI is InChI=1S/C24H26N4O4/c1-3-20(29)25-16-8-10-17(11-9-16)26-21(30)13-15-27-23(32)18-6-4-5-7-19(18)28-22(31)12-14-24(27,28)2/h4-11H,3,12-15H2,1-2H3,(H,25,29)(H,26,30). The van der Waals surface area contributed by atoms with Crippen LogP contribution < -0.4 is 15.5 Å². The predicted molar refractivity (Wildman–Crippen MR) is 121 cm³/mol. The summed E-state index contributed by atoms with van der Waals surface area (Å²) in [6.45, 7) is 3.85. The second kappa shape index (κ2) is 8.45. The van der Waals surface area contributed by atoms with Crippen molar-refractivity contribution in [2.24, 2.45) is 0 Å². The van der Waals surface area contributed by atoms with E-state index in [1.54, 1.807) is 59.2 Å². The molecule has 1 atom stereocenters. The number of rotatable bonds is 6. The van der Waals surface area contributed by atoms with E-state index >= 15 is 0 Å². The SMILES string of the molecule is CCC(=O)Nc1ccc(NC(=O)CCN2C(=O)c3ccccc3N3C(=O)CCC23C)cc1. The van der Waals surface area contributed by atoms with Crippen LogP contribution in [-0.4, -0.2) is 40.7 Å². The Balaban J connectivity index is 1.44. The van der Waals surface area contributed by atoms with E-state index in [1.807, 2.05) is 13.0 Å². The predicted octanol–water partition coefficient (Wildman–Crippen LogP) is 3.36. The monoisotopic (exact) mass is 434 g/mol. The fraction of sp³-hybridized carbons (Fsp3) is 0.333. The van der Waals surface area contributed by atoms with Crippen LogP contribution in [0.1, 0.15) is 49.9 Å². The fourth-order valence-electron chi connectivity index (χ4n) is 4.36. The van der Waals surface area contributed by atoms with Gasteiger partial charge in [0.2, 0.25) is 17.7 Å². The zero-order valence-electron chi connectivity index (χ0n) is 18.2. The minimum Gasteiger partial charge on any atom is -0.326 e. The zero-order valence-corrected chi connectivity index (χ0v) is 18.2. The van der Waals surface area contributed by atoms with E-state index < -0.39 is 5.66 Å². The Hall–Kier alpha value is -3.68. The van der Waals surface area contributed by atoms with E-state index in [-0.39, 0.29) is 36.6 Å². The van der Waals surface area contributed by atoms with Crippen LogP contribution in [-0.2, 0) is 14.4 Å². The molecule has 0 aromatic heterocycles. The highest BCUT2D eigenvalue weighted by molar-refractivity contribution is 6.10. The molecule has 2 aliphatic rings. The summed E-state index contributed by atoms with van der Waals surface area (Å²) in [5.41, 5.74) is 1.60. The van der Waals surface area contributed by atoms with Crippen LogP contribution in [0.5, 0.6) is 0 Å². The zero-order chi connectivity index (χ0) is 22.9. The van der Waals surface area contributed by atoms with Gasteiger partial charge in [0.1, 0.15) is 5.66 Å². The van der Waals surface area contributed by atoms with Crippen molar-refractivity contribution in [1.82, 2.24) is 4.90 Å². The van der Waals surface area contributed by atoms with Gasteiger partial charge in [-0.1, -0.05) is 19.1 Å². The molecule has 1 unspecified atom stereocenters. The minimum atomic E-state index is -0.776. The number of fused-ring (bicyclic) bond motifs is 3. The molecule has 0 aliphatic carbocycles. The Kier molecular flexibility index (Phi) is 5.69. The molecule has 2 N–H and O–H groups in total. The molecule has 0 radical (unpaired) electrons. The first kappa shape index (κ1) is 21.5. The molecule has 1 fully saturated rings. The average molecular weight is 434 g/mol. The highest BCUT2D eigenvalue weighted by Crippen LogP contribution is 2.43. The van der Waals surface area contributed by atoms with Gasteiger partial charge in [0.15, 0.2) is 0 Å². The summed E-state index contributed by atoms with van der Waals surface area (Å²) in [7, 11) is 0. The van der Waals surface area contributed by atoms with Crippen LogP contribution in [0.25, 0.3) is 0 Å². The highest BCUT2D eigenvalue weighted by Gasteiger charge is 2.52. The number of benzene rings is 2. The molecule has 4 amide bonds. The molecule has 0 saturated carbocycles. The van der Waals surface area contributed by atoms with Crippen molar-refractivity contribution in [3.8, 4) is 0 Å². The molecule has 2 heterocycles. The maximum atomic E-state index is 13.2. The minimum absolute atomic E-state index is 0.0165. The van der Waals surface area contributed by atoms with Gasteiger partial charge in [-0.3, -0.25) is 24.1 Å². The van der Waals surface area contributed by atoms with E-state index in [0.29, 0.717) is 41.9 Å². The van der Waals surface area contributed by atoms with Crippen molar-refractivity contribution in [2.75, 3.05) is 22.1 Å². The number of hydrogen-bond acceptors (Lipinski definition) is 4. The first-order valence-electron chi connectivity index (χ1n) is 10.8. The van der Waals surface area contributed by atoms with Crippen molar-refractivity contribution in [1.29, 1.82) is 0 Å². The van der Waals surface area contributed by atoms with E-state index in [9.17, 15) is 19.2 Å². The third-order valence-electron chi connectivity index (χ3n) is 6.08. The number of hydrogen-bond donors (Lipinski definition) is 2. The third-order valence-corrected chi connectivity index (χ3v) is 6.08. The Morgan fingerprint density at radius 2 is 1.59 bits per heavy atom. The molecule has 0 spiro atoms. The number of carbonyl (C=O) groups excluding carboxylic acids is 4. The Labute approximate surface area is 186 Å². The summed E-state index contributed by atoms with van der Waals surface area (Å²) < 4.78 is 0. The van der Waals surface area contributed by atoms with Gasteiger partial charge < -0.3 is 15.5 Å². The molecular weight excluding hydrogens is 408 g/mol. The van der Waals surface area contributed by atoms with Crippen molar-refractivity contribution >= 4 is 40.7 Å². The Morgan fingerprint density at radius 1 is 0.969 bits per heavy atom. The molecule has 0 bridgehead atoms. The topological polar surface area (TPSA) is 98.8 Å². The number of nitrogens with zero attached hydrogens (tertiary/aromatic N) is 2. The lowest BCUT2D eigenvalue weighted by Gasteiger charge is -2.48. The molecule has 2 aliphatic heterocycles. The molecule has 8 nitrogen and oxygen atoms in total. The van der Waals surface area contributed by atoms with Gasteiger partial charge in [-0.15, -0.1) is 0 Å². The van der Waals surface area contributed by atoms with Gasteiger partial charge in [-0.2, -0.15) is 0 Å². The number of amides is 4. The van der Waals surface area contributed by atoms with Gasteiger partial charge >= 0.3 is 0 Å². The maximum Gasteiger partial charge on any atom is 0.257 e. The lowest BCUT2D eigenvalue weighted by molar-refractivity contribution is -0.118. The largest absolute Gasteiger partial charge is 0.326 e. The maximum absolute atomic E-state index is 13.2. The van der Waals surface area contributed by atoms with Crippen LogP contribution in [0.15, 0.2) is 48.5 Å². The molecule has 2 aromatic rings. The highest BCUT2D eigenvalue weighted by atomic mass is 16.2. The van der Waals surface area contributed by atoms with Gasteiger partial charge in [-0.25, -0.2) is 0 Å². The van der Waals surface area contributed by atoms with Crippen molar-refractivity contribution in [3.63, 3.8) is 0 Å². The van der Waals surface area contributed by atoms with Gasteiger partial charge in [0.25, 0.3) is 5.91 Å². The van der Waals surface area contributed by atoms with Crippen LogP contribution in [0.4, 0.5) is 17.1 Å². The van der Waals surface area contributed by atoms with Crippen molar-refractivity contribution in [3.05, 3.63) is 54.1 Å². The normalized spacial score (nSPS) is 19.4. The van der Waals surface area contributed by atoms with Crippen LogP contribution in [0.3, 0.4) is 0 Å². The van der Waals surface area contributed by atoms with E-state index in [4.69, 9.17) is 0 Å². The lowest BCUT2D eigenvalue weighted by atomic mass is 9.98. The summed E-state index contributed by atoms with van der Waals surface area (Å²) in [5, 5.41) is 5.58. The molecule has 32 heavy (non-hydrogen) atoms.